The third kappa shape index (κ3) is 3.39. The quantitative estimate of drug-likeness (QED) is 0.938. The van der Waals surface area contributed by atoms with Gasteiger partial charge in [-0.15, -0.1) is 0 Å². The van der Waals surface area contributed by atoms with Gasteiger partial charge in [-0.3, -0.25) is 9.78 Å². The summed E-state index contributed by atoms with van der Waals surface area (Å²) in [5.41, 5.74) is 1.07. The molecule has 1 aliphatic rings. The Morgan fingerprint density at radius 1 is 1.27 bits per heavy atom. The topological polar surface area (TPSA) is 71.0 Å². The molecule has 1 fully saturated rings. The molecule has 1 aliphatic heterocycles. The monoisotopic (exact) mass is 297 g/mol. The van der Waals surface area contributed by atoms with E-state index in [1.165, 1.54) is 0 Å². The predicted molar refractivity (Wildman–Crippen MR) is 84.6 cm³/mol. The third-order valence-corrected chi connectivity index (χ3v) is 3.83. The van der Waals surface area contributed by atoms with Crippen LogP contribution in [0.15, 0.2) is 36.9 Å². The van der Waals surface area contributed by atoms with E-state index in [9.17, 15) is 4.79 Å². The van der Waals surface area contributed by atoms with Gasteiger partial charge in [0.05, 0.1) is 12.1 Å². The Bertz CT molecular complexity index is 629. The summed E-state index contributed by atoms with van der Waals surface area (Å²) in [5.74, 6) is 1.39. The molecule has 0 unspecified atom stereocenters. The van der Waals surface area contributed by atoms with Crippen LogP contribution in [0.5, 0.6) is 0 Å². The molecule has 0 radical (unpaired) electrons. The number of rotatable bonds is 3. The zero-order valence-corrected chi connectivity index (χ0v) is 12.6. The number of nitrogens with zero attached hydrogens (tertiary/aromatic N) is 4. The highest BCUT2D eigenvalue weighted by Crippen LogP contribution is 2.22. The molecular weight excluding hydrogens is 278 g/mol. The SMILES string of the molecule is Cc1ccc(NC(=O)[C@H]2CCCN(c3cnccn3)C2)nc1. The normalized spacial score (nSPS) is 18.0. The molecule has 3 heterocycles. The average molecular weight is 297 g/mol. The smallest absolute Gasteiger partial charge is 0.230 e. The van der Waals surface area contributed by atoms with Crippen molar-refractivity contribution in [3.63, 3.8) is 0 Å². The lowest BCUT2D eigenvalue weighted by Gasteiger charge is -2.32. The molecule has 1 N–H and O–H groups in total. The summed E-state index contributed by atoms with van der Waals surface area (Å²) in [6, 6.07) is 3.77. The summed E-state index contributed by atoms with van der Waals surface area (Å²) in [6.07, 6.45) is 8.67. The van der Waals surface area contributed by atoms with E-state index in [4.69, 9.17) is 0 Å². The van der Waals surface area contributed by atoms with Gasteiger partial charge in [-0.2, -0.15) is 0 Å². The van der Waals surface area contributed by atoms with Crippen molar-refractivity contribution in [2.24, 2.45) is 5.92 Å². The number of carbonyl (C=O) groups excluding carboxylic acids is 1. The standard InChI is InChI=1S/C16H19N5O/c1-12-4-5-14(19-9-12)20-16(22)13-3-2-8-21(11-13)15-10-17-6-7-18-15/h4-7,9-10,13H,2-3,8,11H2,1H3,(H,19,20,22)/t13-/m0/s1. The average Bonchev–Trinajstić information content (AvgIpc) is 2.58. The molecule has 1 atom stereocenters. The number of nitrogens with one attached hydrogen (secondary N) is 1. The maximum absolute atomic E-state index is 12.4. The molecular formula is C16H19N5O. The molecule has 22 heavy (non-hydrogen) atoms. The summed E-state index contributed by atoms with van der Waals surface area (Å²) < 4.78 is 0. The minimum absolute atomic E-state index is 0.0185. The lowest BCUT2D eigenvalue weighted by Crippen LogP contribution is -2.41. The third-order valence-electron chi connectivity index (χ3n) is 3.83. The van der Waals surface area contributed by atoms with E-state index in [-0.39, 0.29) is 11.8 Å². The van der Waals surface area contributed by atoms with Crippen LogP contribution in [0.2, 0.25) is 0 Å². The maximum atomic E-state index is 12.4. The van der Waals surface area contributed by atoms with Crippen LogP contribution in [0.3, 0.4) is 0 Å². The Morgan fingerprint density at radius 2 is 2.18 bits per heavy atom. The summed E-state index contributed by atoms with van der Waals surface area (Å²) in [6.45, 7) is 3.54. The van der Waals surface area contributed by atoms with Crippen molar-refractivity contribution in [1.82, 2.24) is 15.0 Å². The highest BCUT2D eigenvalue weighted by molar-refractivity contribution is 5.92. The van der Waals surface area contributed by atoms with E-state index in [0.717, 1.165) is 30.8 Å². The molecule has 0 saturated carbocycles. The second-order valence-electron chi connectivity index (χ2n) is 5.56. The van der Waals surface area contributed by atoms with Crippen LogP contribution in [-0.4, -0.2) is 33.9 Å². The fourth-order valence-corrected chi connectivity index (χ4v) is 2.62. The number of anilines is 2. The lowest BCUT2D eigenvalue weighted by atomic mass is 9.97. The first kappa shape index (κ1) is 14.4. The zero-order chi connectivity index (χ0) is 15.4. The van der Waals surface area contributed by atoms with Gasteiger partial charge in [-0.1, -0.05) is 6.07 Å². The second-order valence-corrected chi connectivity index (χ2v) is 5.56. The van der Waals surface area contributed by atoms with E-state index in [2.05, 4.69) is 25.2 Å². The lowest BCUT2D eigenvalue weighted by molar-refractivity contribution is -0.120. The Hall–Kier alpha value is -2.50. The van der Waals surface area contributed by atoms with Gasteiger partial charge in [0.1, 0.15) is 11.6 Å². The summed E-state index contributed by atoms with van der Waals surface area (Å²) in [4.78, 5) is 27.2. The van der Waals surface area contributed by atoms with Crippen LogP contribution < -0.4 is 10.2 Å². The Labute approximate surface area is 129 Å². The van der Waals surface area contributed by atoms with Crippen LogP contribution in [0.25, 0.3) is 0 Å². The Kier molecular flexibility index (Phi) is 4.27. The number of hydrogen-bond donors (Lipinski definition) is 1. The molecule has 0 aromatic carbocycles. The van der Waals surface area contributed by atoms with Crippen LogP contribution in [0.4, 0.5) is 11.6 Å². The maximum Gasteiger partial charge on any atom is 0.230 e. The van der Waals surface area contributed by atoms with Crippen molar-refractivity contribution in [2.45, 2.75) is 19.8 Å². The van der Waals surface area contributed by atoms with Gasteiger partial charge in [-0.05, 0) is 31.4 Å². The van der Waals surface area contributed by atoms with E-state index >= 15 is 0 Å². The summed E-state index contributed by atoms with van der Waals surface area (Å²) >= 11 is 0. The molecule has 6 nitrogen and oxygen atoms in total. The highest BCUT2D eigenvalue weighted by Gasteiger charge is 2.26. The number of aromatic nitrogens is 3. The van der Waals surface area contributed by atoms with Gasteiger partial charge in [0.25, 0.3) is 0 Å². The van der Waals surface area contributed by atoms with Crippen molar-refractivity contribution < 1.29 is 4.79 Å². The molecule has 2 aromatic heterocycles. The fraction of sp³-hybridized carbons (Fsp3) is 0.375. The number of carbonyl (C=O) groups is 1. The minimum Gasteiger partial charge on any atom is -0.355 e. The van der Waals surface area contributed by atoms with Gasteiger partial charge in [0, 0.05) is 31.7 Å². The molecule has 1 amide bonds. The Balaban J connectivity index is 1.64. The first-order chi connectivity index (χ1) is 10.7. The first-order valence-corrected chi connectivity index (χ1v) is 7.47. The fourth-order valence-electron chi connectivity index (χ4n) is 2.62. The molecule has 114 valence electrons. The van der Waals surface area contributed by atoms with Crippen molar-refractivity contribution >= 4 is 17.5 Å². The van der Waals surface area contributed by atoms with E-state index in [1.807, 2.05) is 19.1 Å². The number of amides is 1. The van der Waals surface area contributed by atoms with E-state index < -0.39 is 0 Å². The predicted octanol–water partition coefficient (Wildman–Crippen LogP) is 2.04. The van der Waals surface area contributed by atoms with Crippen LogP contribution >= 0.6 is 0 Å². The molecule has 0 bridgehead atoms. The zero-order valence-electron chi connectivity index (χ0n) is 12.6. The van der Waals surface area contributed by atoms with E-state index in [1.54, 1.807) is 24.8 Å². The highest BCUT2D eigenvalue weighted by atomic mass is 16.2. The van der Waals surface area contributed by atoms with Gasteiger partial charge in [0.15, 0.2) is 0 Å². The second kappa shape index (κ2) is 6.51. The number of pyridine rings is 1. The van der Waals surface area contributed by atoms with Crippen molar-refractivity contribution in [1.29, 1.82) is 0 Å². The van der Waals surface area contributed by atoms with Gasteiger partial charge in [0.2, 0.25) is 5.91 Å². The molecule has 2 aromatic rings. The van der Waals surface area contributed by atoms with Crippen LogP contribution in [0.1, 0.15) is 18.4 Å². The first-order valence-electron chi connectivity index (χ1n) is 7.47. The van der Waals surface area contributed by atoms with Gasteiger partial charge >= 0.3 is 0 Å². The molecule has 0 spiro atoms. The molecule has 0 aliphatic carbocycles. The molecule has 3 rings (SSSR count). The van der Waals surface area contributed by atoms with Crippen LogP contribution in [0, 0.1) is 12.8 Å². The molecule has 6 heteroatoms. The molecule has 1 saturated heterocycles. The van der Waals surface area contributed by atoms with E-state index in [0.29, 0.717) is 12.4 Å². The number of aryl methyl sites for hydroxylation is 1. The van der Waals surface area contributed by atoms with Crippen molar-refractivity contribution in [3.8, 4) is 0 Å². The summed E-state index contributed by atoms with van der Waals surface area (Å²) in [5, 5.41) is 2.90. The summed E-state index contributed by atoms with van der Waals surface area (Å²) in [7, 11) is 0. The van der Waals surface area contributed by atoms with Crippen molar-refractivity contribution in [2.75, 3.05) is 23.3 Å². The number of hydrogen-bond acceptors (Lipinski definition) is 5. The van der Waals surface area contributed by atoms with Crippen molar-refractivity contribution in [3.05, 3.63) is 42.5 Å². The number of piperidine rings is 1. The minimum atomic E-state index is -0.0566. The van der Waals surface area contributed by atoms with Gasteiger partial charge in [-0.25, -0.2) is 9.97 Å². The Morgan fingerprint density at radius 3 is 2.91 bits per heavy atom. The van der Waals surface area contributed by atoms with Gasteiger partial charge < -0.3 is 10.2 Å². The largest absolute Gasteiger partial charge is 0.355 e. The van der Waals surface area contributed by atoms with Crippen LogP contribution in [-0.2, 0) is 4.79 Å².